The molecule has 0 amide bonds. The second-order valence-electron chi connectivity index (χ2n) is 5.24. The molecule has 3 rings (SSSR count). The number of fused-ring (bicyclic) bond motifs is 1. The lowest BCUT2D eigenvalue weighted by Gasteiger charge is -2.15. The smallest absolute Gasteiger partial charge is 0.127 e. The van der Waals surface area contributed by atoms with Crippen molar-refractivity contribution in [1.82, 2.24) is 0 Å². The number of ether oxygens (including phenoxy) is 1. The van der Waals surface area contributed by atoms with Crippen LogP contribution in [0.25, 0.3) is 0 Å². The number of rotatable bonds is 3. The molecule has 0 spiro atoms. The van der Waals surface area contributed by atoms with Crippen molar-refractivity contribution in [2.75, 3.05) is 6.61 Å². The third-order valence-corrected chi connectivity index (χ3v) is 4.92. The molecule has 1 atom stereocenters. The Morgan fingerprint density at radius 1 is 1.20 bits per heavy atom. The molecule has 1 nitrogen and oxygen atoms in total. The fourth-order valence-corrected chi connectivity index (χ4v) is 3.81. The lowest BCUT2D eigenvalue weighted by atomic mass is 10.0. The van der Waals surface area contributed by atoms with Crippen LogP contribution >= 0.6 is 31.9 Å². The molecule has 0 bridgehead atoms. The molecule has 0 radical (unpaired) electrons. The average Bonchev–Trinajstić information content (AvgIpc) is 2.88. The van der Waals surface area contributed by atoms with E-state index >= 15 is 0 Å². The summed E-state index contributed by atoms with van der Waals surface area (Å²) in [6.45, 7) is 2.91. The second kappa shape index (κ2) is 5.90. The summed E-state index contributed by atoms with van der Waals surface area (Å²) in [5, 5.41) is 0. The van der Waals surface area contributed by atoms with Gasteiger partial charge in [-0.05, 0) is 36.6 Å². The quantitative estimate of drug-likeness (QED) is 0.634. The van der Waals surface area contributed by atoms with Gasteiger partial charge in [-0.1, -0.05) is 61.7 Å². The van der Waals surface area contributed by atoms with Crippen molar-refractivity contribution in [3.63, 3.8) is 0 Å². The van der Waals surface area contributed by atoms with Crippen molar-refractivity contribution in [3.05, 3.63) is 63.1 Å². The van der Waals surface area contributed by atoms with E-state index in [1.165, 1.54) is 22.3 Å². The maximum Gasteiger partial charge on any atom is 0.127 e. The van der Waals surface area contributed by atoms with Gasteiger partial charge in [0.05, 0.1) is 6.61 Å². The van der Waals surface area contributed by atoms with Gasteiger partial charge in [-0.15, -0.1) is 0 Å². The number of hydrogen-bond donors (Lipinski definition) is 0. The maximum atomic E-state index is 5.81. The summed E-state index contributed by atoms with van der Waals surface area (Å²) in [5.74, 6) is 1.07. The van der Waals surface area contributed by atoms with E-state index in [0.29, 0.717) is 0 Å². The summed E-state index contributed by atoms with van der Waals surface area (Å²) in [5.41, 5.74) is 5.19. The van der Waals surface area contributed by atoms with Crippen LogP contribution in [0.4, 0.5) is 0 Å². The number of benzene rings is 2. The fourth-order valence-electron chi connectivity index (χ4n) is 2.57. The van der Waals surface area contributed by atoms with Gasteiger partial charge >= 0.3 is 0 Å². The first-order valence-electron chi connectivity index (χ1n) is 6.78. The van der Waals surface area contributed by atoms with E-state index in [9.17, 15) is 0 Å². The van der Waals surface area contributed by atoms with Crippen LogP contribution in [0.15, 0.2) is 40.9 Å². The predicted octanol–water partition coefficient (Wildman–Crippen LogP) is 5.37. The Hall–Kier alpha value is -0.800. The molecule has 104 valence electrons. The molecule has 0 saturated carbocycles. The standard InChI is InChI=1S/C17H16Br2O/c1-11-2-4-12(5-3-11)8-16(19)15-10-14(18)9-13-6-7-20-17(13)15/h2-5,9-10,16H,6-8H2,1H3. The van der Waals surface area contributed by atoms with Gasteiger partial charge in [0, 0.05) is 21.3 Å². The molecule has 20 heavy (non-hydrogen) atoms. The number of hydrogen-bond acceptors (Lipinski definition) is 1. The summed E-state index contributed by atoms with van der Waals surface area (Å²) in [6, 6.07) is 13.0. The summed E-state index contributed by atoms with van der Waals surface area (Å²) in [4.78, 5) is 0.273. The average molecular weight is 396 g/mol. The Kier molecular flexibility index (Phi) is 4.18. The molecule has 1 aliphatic rings. The van der Waals surface area contributed by atoms with Crippen molar-refractivity contribution in [1.29, 1.82) is 0 Å². The number of aryl methyl sites for hydroxylation is 1. The van der Waals surface area contributed by atoms with Gasteiger partial charge in [0.15, 0.2) is 0 Å². The Bertz CT molecular complexity index is 620. The Morgan fingerprint density at radius 2 is 1.95 bits per heavy atom. The van der Waals surface area contributed by atoms with Crippen molar-refractivity contribution in [2.24, 2.45) is 0 Å². The van der Waals surface area contributed by atoms with Crippen molar-refractivity contribution >= 4 is 31.9 Å². The minimum atomic E-state index is 0.273. The van der Waals surface area contributed by atoms with Crippen LogP contribution in [0.1, 0.15) is 27.1 Å². The second-order valence-corrected chi connectivity index (χ2v) is 7.26. The van der Waals surface area contributed by atoms with Crippen LogP contribution in [0.2, 0.25) is 0 Å². The lowest BCUT2D eigenvalue weighted by molar-refractivity contribution is 0.353. The maximum absolute atomic E-state index is 5.81. The van der Waals surface area contributed by atoms with Gasteiger partial charge in [0.1, 0.15) is 5.75 Å². The molecule has 0 saturated heterocycles. The van der Waals surface area contributed by atoms with Crippen LogP contribution < -0.4 is 4.74 Å². The molecule has 2 aromatic rings. The molecule has 1 aliphatic heterocycles. The van der Waals surface area contributed by atoms with E-state index < -0.39 is 0 Å². The van der Waals surface area contributed by atoms with Crippen molar-refractivity contribution < 1.29 is 4.74 Å². The topological polar surface area (TPSA) is 9.23 Å². The van der Waals surface area contributed by atoms with Gasteiger partial charge in [-0.25, -0.2) is 0 Å². The van der Waals surface area contributed by atoms with Crippen LogP contribution in [-0.4, -0.2) is 6.61 Å². The van der Waals surface area contributed by atoms with Gasteiger partial charge in [0.2, 0.25) is 0 Å². The normalized spacial score (nSPS) is 14.8. The first kappa shape index (κ1) is 14.2. The van der Waals surface area contributed by atoms with E-state index in [1.807, 2.05) is 0 Å². The summed E-state index contributed by atoms with van der Waals surface area (Å²) >= 11 is 7.43. The minimum Gasteiger partial charge on any atom is -0.493 e. The first-order chi connectivity index (χ1) is 9.63. The van der Waals surface area contributed by atoms with Gasteiger partial charge in [-0.3, -0.25) is 0 Å². The van der Waals surface area contributed by atoms with E-state index in [-0.39, 0.29) is 4.83 Å². The van der Waals surface area contributed by atoms with Gasteiger partial charge in [-0.2, -0.15) is 0 Å². The zero-order valence-electron chi connectivity index (χ0n) is 11.3. The van der Waals surface area contributed by atoms with Gasteiger partial charge in [0.25, 0.3) is 0 Å². The largest absolute Gasteiger partial charge is 0.493 e. The van der Waals surface area contributed by atoms with E-state index in [2.05, 4.69) is 75.2 Å². The monoisotopic (exact) mass is 394 g/mol. The first-order valence-corrected chi connectivity index (χ1v) is 8.49. The predicted molar refractivity (Wildman–Crippen MR) is 89.9 cm³/mol. The molecule has 0 N–H and O–H groups in total. The number of halogens is 2. The highest BCUT2D eigenvalue weighted by Gasteiger charge is 2.22. The molecular formula is C17H16Br2O. The molecule has 1 heterocycles. The number of alkyl halides is 1. The highest BCUT2D eigenvalue weighted by molar-refractivity contribution is 9.10. The van der Waals surface area contributed by atoms with Gasteiger partial charge < -0.3 is 4.74 Å². The molecule has 2 aromatic carbocycles. The SMILES string of the molecule is Cc1ccc(CC(Br)c2cc(Br)cc3c2OCC3)cc1. The van der Waals surface area contributed by atoms with Crippen LogP contribution in [0, 0.1) is 6.92 Å². The molecule has 3 heteroatoms. The highest BCUT2D eigenvalue weighted by atomic mass is 79.9. The van der Waals surface area contributed by atoms with Crippen LogP contribution in [-0.2, 0) is 12.8 Å². The van der Waals surface area contributed by atoms with Crippen LogP contribution in [0.3, 0.4) is 0 Å². The summed E-state index contributed by atoms with van der Waals surface area (Å²) in [6.07, 6.45) is 1.97. The van der Waals surface area contributed by atoms with E-state index in [4.69, 9.17) is 4.74 Å². The zero-order chi connectivity index (χ0) is 14.1. The molecule has 0 aliphatic carbocycles. The Morgan fingerprint density at radius 3 is 2.70 bits per heavy atom. The van der Waals surface area contributed by atoms with Crippen molar-refractivity contribution in [3.8, 4) is 5.75 Å². The summed E-state index contributed by atoms with van der Waals surface area (Å²) in [7, 11) is 0. The van der Waals surface area contributed by atoms with Crippen LogP contribution in [0.5, 0.6) is 5.75 Å². The lowest BCUT2D eigenvalue weighted by Crippen LogP contribution is -1.99. The third kappa shape index (κ3) is 2.94. The van der Waals surface area contributed by atoms with Crippen molar-refractivity contribution in [2.45, 2.75) is 24.6 Å². The Labute approximate surface area is 136 Å². The third-order valence-electron chi connectivity index (χ3n) is 3.65. The molecular weight excluding hydrogens is 380 g/mol. The molecule has 0 fully saturated rings. The molecule has 1 unspecified atom stereocenters. The van der Waals surface area contributed by atoms with E-state index in [0.717, 1.165) is 29.7 Å². The Balaban J connectivity index is 1.87. The van der Waals surface area contributed by atoms with E-state index in [1.54, 1.807) is 0 Å². The molecule has 0 aromatic heterocycles. The highest BCUT2D eigenvalue weighted by Crippen LogP contribution is 2.40. The zero-order valence-corrected chi connectivity index (χ0v) is 14.5. The summed E-state index contributed by atoms with van der Waals surface area (Å²) < 4.78 is 6.94. The fraction of sp³-hybridized carbons (Fsp3) is 0.294. The minimum absolute atomic E-state index is 0.273.